The van der Waals surface area contributed by atoms with Gasteiger partial charge in [-0.3, -0.25) is 9.20 Å². The number of nitrogens with zero attached hydrogens (tertiary/aromatic N) is 2. The molecule has 0 N–H and O–H groups in total. The number of benzene rings is 1. The Hall–Kier alpha value is -1.94. The number of aromatic nitrogens is 2. The number of hydrogen-bond acceptors (Lipinski definition) is 3. The Kier molecular flexibility index (Phi) is 2.95. The number of hydrogen-bond donors (Lipinski definition) is 0. The Morgan fingerprint density at radius 2 is 2.00 bits per heavy atom. The molecule has 0 fully saturated rings. The van der Waals surface area contributed by atoms with Crippen molar-refractivity contribution >= 4 is 22.6 Å². The van der Waals surface area contributed by atoms with E-state index >= 15 is 0 Å². The fourth-order valence-electron chi connectivity index (χ4n) is 2.39. The van der Waals surface area contributed by atoms with Crippen molar-refractivity contribution in [3.63, 3.8) is 0 Å². The van der Waals surface area contributed by atoms with Crippen LogP contribution in [0.25, 0.3) is 4.96 Å². The molecule has 0 amide bonds. The predicted octanol–water partition coefficient (Wildman–Crippen LogP) is 3.42. The largest absolute Gasteiger partial charge is 0.296 e. The lowest BCUT2D eigenvalue weighted by Gasteiger charge is -2.03. The molecule has 0 atom stereocenters. The molecule has 0 spiro atoms. The molecule has 0 aliphatic rings. The van der Waals surface area contributed by atoms with Crippen molar-refractivity contribution in [3.05, 3.63) is 57.9 Å². The first-order valence-electron chi connectivity index (χ1n) is 6.14. The van der Waals surface area contributed by atoms with E-state index in [1.165, 1.54) is 21.6 Å². The fourth-order valence-corrected chi connectivity index (χ4v) is 3.38. The summed E-state index contributed by atoms with van der Waals surface area (Å²) in [6.07, 6.45) is 5.34. The van der Waals surface area contributed by atoms with Gasteiger partial charge in [0.1, 0.15) is 5.69 Å². The predicted molar refractivity (Wildman–Crippen MR) is 77.2 cm³/mol. The van der Waals surface area contributed by atoms with Crippen molar-refractivity contribution in [3.8, 4) is 0 Å². The molecule has 1 aromatic carbocycles. The van der Waals surface area contributed by atoms with Gasteiger partial charge in [-0.25, -0.2) is 4.98 Å². The quantitative estimate of drug-likeness (QED) is 0.683. The average molecular weight is 270 g/mol. The number of carbonyl (C=O) groups excluding carboxylic acids is 1. The van der Waals surface area contributed by atoms with Gasteiger partial charge in [-0.05, 0) is 19.4 Å². The minimum absolute atomic E-state index is 0.609. The molecule has 0 bridgehead atoms. The van der Waals surface area contributed by atoms with Crippen LogP contribution in [0.15, 0.2) is 30.6 Å². The Morgan fingerprint density at radius 3 is 2.68 bits per heavy atom. The van der Waals surface area contributed by atoms with Gasteiger partial charge in [0.05, 0.1) is 6.20 Å². The van der Waals surface area contributed by atoms with Gasteiger partial charge in [0.25, 0.3) is 0 Å². The van der Waals surface area contributed by atoms with Gasteiger partial charge in [-0.15, -0.1) is 11.3 Å². The summed E-state index contributed by atoms with van der Waals surface area (Å²) in [5, 5.41) is 0. The lowest BCUT2D eigenvalue weighted by Crippen LogP contribution is -1.89. The molecular formula is C15H14N2OS. The monoisotopic (exact) mass is 270 g/mol. The molecule has 0 unspecified atom stereocenters. The lowest BCUT2D eigenvalue weighted by atomic mass is 10.0. The smallest absolute Gasteiger partial charge is 0.194 e. The van der Waals surface area contributed by atoms with E-state index in [0.717, 1.165) is 17.7 Å². The number of aldehydes is 1. The summed E-state index contributed by atoms with van der Waals surface area (Å²) in [4.78, 5) is 17.2. The van der Waals surface area contributed by atoms with Gasteiger partial charge >= 0.3 is 0 Å². The lowest BCUT2D eigenvalue weighted by molar-refractivity contribution is 0.111. The van der Waals surface area contributed by atoms with Crippen molar-refractivity contribution in [1.29, 1.82) is 0 Å². The van der Waals surface area contributed by atoms with Crippen molar-refractivity contribution in [1.82, 2.24) is 9.38 Å². The van der Waals surface area contributed by atoms with Crippen LogP contribution in [0.2, 0.25) is 0 Å². The van der Waals surface area contributed by atoms with Crippen LogP contribution in [0, 0.1) is 13.8 Å². The Balaban J connectivity index is 1.96. The first-order chi connectivity index (χ1) is 9.15. The minimum atomic E-state index is 0.609. The third-order valence-electron chi connectivity index (χ3n) is 3.07. The van der Waals surface area contributed by atoms with E-state index in [2.05, 4.69) is 37.0 Å². The van der Waals surface area contributed by atoms with Crippen molar-refractivity contribution in [2.24, 2.45) is 0 Å². The second-order valence-corrected chi connectivity index (χ2v) is 5.92. The molecule has 2 aromatic heterocycles. The van der Waals surface area contributed by atoms with Gasteiger partial charge in [0.2, 0.25) is 0 Å². The van der Waals surface area contributed by atoms with E-state index in [1.54, 1.807) is 17.5 Å². The number of rotatable bonds is 3. The van der Waals surface area contributed by atoms with E-state index in [9.17, 15) is 4.79 Å². The van der Waals surface area contributed by atoms with Gasteiger partial charge in [0.15, 0.2) is 11.2 Å². The summed E-state index contributed by atoms with van der Waals surface area (Å²) in [6, 6.07) is 6.58. The number of fused-ring (bicyclic) bond motifs is 1. The normalized spacial score (nSPS) is 11.1. The molecule has 4 heteroatoms. The maximum atomic E-state index is 10.9. The second-order valence-electron chi connectivity index (χ2n) is 4.82. The maximum absolute atomic E-state index is 10.9. The number of imidazole rings is 1. The SMILES string of the molecule is Cc1cc(C)cc(Cc2cn3c(C=O)cnc3s2)c1. The topological polar surface area (TPSA) is 34.4 Å². The zero-order chi connectivity index (χ0) is 13.4. The van der Waals surface area contributed by atoms with E-state index < -0.39 is 0 Å². The molecule has 3 aromatic rings. The van der Waals surface area contributed by atoms with E-state index in [4.69, 9.17) is 0 Å². The van der Waals surface area contributed by atoms with Crippen LogP contribution in [-0.2, 0) is 6.42 Å². The Bertz CT molecular complexity index is 734. The number of aryl methyl sites for hydroxylation is 2. The first-order valence-corrected chi connectivity index (χ1v) is 6.95. The minimum Gasteiger partial charge on any atom is -0.296 e. The fraction of sp³-hybridized carbons (Fsp3) is 0.200. The van der Waals surface area contributed by atoms with Crippen LogP contribution in [0.5, 0.6) is 0 Å². The number of thiazole rings is 1. The third-order valence-corrected chi connectivity index (χ3v) is 4.06. The summed E-state index contributed by atoms with van der Waals surface area (Å²) < 4.78 is 1.86. The van der Waals surface area contributed by atoms with E-state index in [-0.39, 0.29) is 0 Å². The summed E-state index contributed by atoms with van der Waals surface area (Å²) >= 11 is 1.63. The van der Waals surface area contributed by atoms with Crippen LogP contribution in [0.1, 0.15) is 32.1 Å². The molecule has 0 aliphatic heterocycles. The van der Waals surface area contributed by atoms with Crippen LogP contribution in [-0.4, -0.2) is 15.7 Å². The molecule has 19 heavy (non-hydrogen) atoms. The molecule has 96 valence electrons. The molecule has 3 nitrogen and oxygen atoms in total. The van der Waals surface area contributed by atoms with Gasteiger partial charge in [-0.2, -0.15) is 0 Å². The van der Waals surface area contributed by atoms with Crippen molar-refractivity contribution in [2.45, 2.75) is 20.3 Å². The Morgan fingerprint density at radius 1 is 1.26 bits per heavy atom. The molecule has 0 aliphatic carbocycles. The maximum Gasteiger partial charge on any atom is 0.194 e. The standard InChI is InChI=1S/C15H14N2OS/c1-10-3-11(2)5-12(4-10)6-14-8-17-13(9-18)7-16-15(17)19-14/h3-5,7-9H,6H2,1-2H3. The third kappa shape index (κ3) is 2.31. The number of carbonyl (C=O) groups is 1. The van der Waals surface area contributed by atoms with Gasteiger partial charge in [-0.1, -0.05) is 29.3 Å². The molecule has 3 rings (SSSR count). The summed E-state index contributed by atoms with van der Waals surface area (Å²) in [5.74, 6) is 0. The molecular weight excluding hydrogens is 256 g/mol. The van der Waals surface area contributed by atoms with Crippen molar-refractivity contribution in [2.75, 3.05) is 0 Å². The van der Waals surface area contributed by atoms with E-state index in [1.807, 2.05) is 10.6 Å². The highest BCUT2D eigenvalue weighted by molar-refractivity contribution is 7.17. The second kappa shape index (κ2) is 4.63. The highest BCUT2D eigenvalue weighted by Crippen LogP contribution is 2.22. The summed E-state index contributed by atoms with van der Waals surface area (Å²) in [6.45, 7) is 4.23. The molecule has 0 saturated carbocycles. The van der Waals surface area contributed by atoms with Gasteiger partial charge < -0.3 is 0 Å². The van der Waals surface area contributed by atoms with E-state index in [0.29, 0.717) is 5.69 Å². The van der Waals surface area contributed by atoms with Gasteiger partial charge in [0, 0.05) is 17.5 Å². The summed E-state index contributed by atoms with van der Waals surface area (Å²) in [7, 11) is 0. The molecule has 0 saturated heterocycles. The van der Waals surface area contributed by atoms with Crippen LogP contribution in [0.4, 0.5) is 0 Å². The van der Waals surface area contributed by atoms with Crippen LogP contribution < -0.4 is 0 Å². The zero-order valence-electron chi connectivity index (χ0n) is 10.9. The highest BCUT2D eigenvalue weighted by Gasteiger charge is 2.08. The van der Waals surface area contributed by atoms with Crippen molar-refractivity contribution < 1.29 is 4.79 Å². The highest BCUT2D eigenvalue weighted by atomic mass is 32.1. The van der Waals surface area contributed by atoms with Crippen LogP contribution in [0.3, 0.4) is 0 Å². The molecule has 0 radical (unpaired) electrons. The zero-order valence-corrected chi connectivity index (χ0v) is 11.7. The Labute approximate surface area is 115 Å². The first kappa shape index (κ1) is 12.1. The summed E-state index contributed by atoms with van der Waals surface area (Å²) in [5.41, 5.74) is 4.47. The van der Waals surface area contributed by atoms with Crippen LogP contribution >= 0.6 is 11.3 Å². The molecule has 2 heterocycles. The average Bonchev–Trinajstić information content (AvgIpc) is 2.86.